The van der Waals surface area contributed by atoms with Gasteiger partial charge in [-0.1, -0.05) is 6.07 Å². The van der Waals surface area contributed by atoms with Crippen LogP contribution in [-0.2, 0) is 13.0 Å². The Kier molecular flexibility index (Phi) is 5.20. The lowest BCUT2D eigenvalue weighted by molar-refractivity contribution is 0.0983. The van der Waals surface area contributed by atoms with Crippen molar-refractivity contribution < 1.29 is 18.7 Å². The summed E-state index contributed by atoms with van der Waals surface area (Å²) in [5, 5.41) is 12.7. The van der Waals surface area contributed by atoms with E-state index in [0.717, 1.165) is 22.2 Å². The summed E-state index contributed by atoms with van der Waals surface area (Å²) < 4.78 is 28.9. The number of Topliss-reactive ketones (excluding diaryl/α,β-unsaturated/α-hetero) is 1. The number of aromatic hydroxyl groups is 1. The zero-order chi connectivity index (χ0) is 20.5. The fraction of sp³-hybridized carbons (Fsp3) is 0.174. The summed E-state index contributed by atoms with van der Waals surface area (Å²) in [6.07, 6.45) is 0.362. The minimum atomic E-state index is -0.652. The smallest absolute Gasteiger partial charge is 0.165 e. The summed E-state index contributed by atoms with van der Waals surface area (Å²) in [4.78, 5) is 14.2. The van der Waals surface area contributed by atoms with Crippen molar-refractivity contribution in [3.05, 3.63) is 87.2 Å². The van der Waals surface area contributed by atoms with Gasteiger partial charge in [0.15, 0.2) is 5.78 Å². The second kappa shape index (κ2) is 7.79. The van der Waals surface area contributed by atoms with Crippen LogP contribution in [0.2, 0.25) is 0 Å². The molecule has 0 radical (unpaired) electrons. The molecule has 0 atom stereocenters. The zero-order valence-electron chi connectivity index (χ0n) is 15.8. The van der Waals surface area contributed by atoms with Gasteiger partial charge in [-0.25, -0.2) is 8.78 Å². The molecule has 6 heteroatoms. The Bertz CT molecular complexity index is 1180. The molecule has 4 rings (SSSR count). The number of nitrogens with zero attached hydrogens (tertiary/aromatic N) is 1. The van der Waals surface area contributed by atoms with Gasteiger partial charge in [-0.15, -0.1) is 11.3 Å². The van der Waals surface area contributed by atoms with Crippen molar-refractivity contribution in [3.63, 3.8) is 0 Å². The first-order valence-electron chi connectivity index (χ1n) is 9.25. The van der Waals surface area contributed by atoms with E-state index >= 15 is 0 Å². The number of aromatic nitrogens is 1. The number of aryl methyl sites for hydroxylation is 1. The van der Waals surface area contributed by atoms with Gasteiger partial charge in [0.1, 0.15) is 17.4 Å². The molecule has 29 heavy (non-hydrogen) atoms. The van der Waals surface area contributed by atoms with E-state index in [0.29, 0.717) is 23.1 Å². The lowest BCUT2D eigenvalue weighted by atomic mass is 10.00. The monoisotopic (exact) mass is 411 g/mol. The molecular weight excluding hydrogens is 392 g/mol. The molecule has 0 amide bonds. The summed E-state index contributed by atoms with van der Waals surface area (Å²) in [6.45, 7) is 2.52. The molecule has 0 saturated heterocycles. The number of halogens is 2. The molecule has 0 saturated carbocycles. The number of thiophene rings is 1. The average molecular weight is 411 g/mol. The van der Waals surface area contributed by atoms with Crippen molar-refractivity contribution in [2.24, 2.45) is 0 Å². The van der Waals surface area contributed by atoms with E-state index < -0.39 is 11.6 Å². The fourth-order valence-electron chi connectivity index (χ4n) is 3.72. The predicted molar refractivity (Wildman–Crippen MR) is 111 cm³/mol. The Hall–Kier alpha value is -2.99. The number of rotatable bonds is 6. The van der Waals surface area contributed by atoms with E-state index in [1.807, 2.05) is 30.5 Å². The largest absolute Gasteiger partial charge is 0.508 e. The highest BCUT2D eigenvalue weighted by atomic mass is 32.1. The van der Waals surface area contributed by atoms with Gasteiger partial charge in [0.25, 0.3) is 0 Å². The minimum absolute atomic E-state index is 0.0898. The number of phenolic OH excluding ortho intramolecular Hbond substituents is 1. The second-order valence-electron chi connectivity index (χ2n) is 7.03. The molecule has 3 nitrogen and oxygen atoms in total. The number of ketones is 1. The molecule has 0 aliphatic carbocycles. The van der Waals surface area contributed by atoms with Crippen molar-refractivity contribution in [2.45, 2.75) is 26.3 Å². The zero-order valence-corrected chi connectivity index (χ0v) is 16.6. The molecule has 1 N–H and O–H groups in total. The van der Waals surface area contributed by atoms with Crippen molar-refractivity contribution in [1.82, 2.24) is 4.57 Å². The Balaban J connectivity index is 1.69. The number of hydrogen-bond acceptors (Lipinski definition) is 3. The van der Waals surface area contributed by atoms with Crippen LogP contribution >= 0.6 is 11.3 Å². The van der Waals surface area contributed by atoms with Gasteiger partial charge in [0.05, 0.1) is 6.54 Å². The van der Waals surface area contributed by atoms with Crippen molar-refractivity contribution >= 4 is 28.0 Å². The van der Waals surface area contributed by atoms with E-state index in [2.05, 4.69) is 4.57 Å². The standard InChI is InChI=1S/C23H19F2NO2S/c1-14-23(22(28)7-4-15-9-16(24)11-17(25)10-15)20-12-18(27)5-6-21(20)26(14)13-19-3-2-8-29-19/h2-3,5-6,8-12,27H,4,7,13H2,1H3. The van der Waals surface area contributed by atoms with Crippen LogP contribution in [0.1, 0.15) is 32.9 Å². The third-order valence-electron chi connectivity index (χ3n) is 5.04. The van der Waals surface area contributed by atoms with Crippen LogP contribution in [-0.4, -0.2) is 15.5 Å². The molecule has 148 valence electrons. The number of hydrogen-bond donors (Lipinski definition) is 1. The van der Waals surface area contributed by atoms with E-state index in [-0.39, 0.29) is 24.4 Å². The highest BCUT2D eigenvalue weighted by Crippen LogP contribution is 2.31. The van der Waals surface area contributed by atoms with E-state index in [9.17, 15) is 18.7 Å². The molecular formula is C23H19F2NO2S. The Morgan fingerprint density at radius 1 is 1.10 bits per heavy atom. The number of phenols is 1. The van der Waals surface area contributed by atoms with E-state index in [4.69, 9.17) is 0 Å². The van der Waals surface area contributed by atoms with Crippen LogP contribution in [0, 0.1) is 18.6 Å². The summed E-state index contributed by atoms with van der Waals surface area (Å²) in [7, 11) is 0. The molecule has 0 bridgehead atoms. The first-order valence-corrected chi connectivity index (χ1v) is 10.1. The maximum Gasteiger partial charge on any atom is 0.165 e. The topological polar surface area (TPSA) is 42.2 Å². The molecule has 4 aromatic rings. The highest BCUT2D eigenvalue weighted by Gasteiger charge is 2.20. The van der Waals surface area contributed by atoms with Gasteiger partial charge < -0.3 is 9.67 Å². The Morgan fingerprint density at radius 2 is 1.86 bits per heavy atom. The van der Waals surface area contributed by atoms with Crippen LogP contribution in [0.4, 0.5) is 8.78 Å². The SMILES string of the molecule is Cc1c(C(=O)CCc2cc(F)cc(F)c2)c2cc(O)ccc2n1Cc1cccs1. The number of carbonyl (C=O) groups excluding carboxylic acids is 1. The second-order valence-corrected chi connectivity index (χ2v) is 8.06. The maximum absolute atomic E-state index is 13.4. The lowest BCUT2D eigenvalue weighted by Crippen LogP contribution is -2.06. The summed E-state index contributed by atoms with van der Waals surface area (Å²) in [5.74, 6) is -1.33. The van der Waals surface area contributed by atoms with Crippen molar-refractivity contribution in [1.29, 1.82) is 0 Å². The average Bonchev–Trinajstić information content (AvgIpc) is 3.26. The van der Waals surface area contributed by atoms with Crippen LogP contribution in [0.3, 0.4) is 0 Å². The molecule has 2 heterocycles. The third-order valence-corrected chi connectivity index (χ3v) is 5.90. The lowest BCUT2D eigenvalue weighted by Gasteiger charge is -2.07. The van der Waals surface area contributed by atoms with Gasteiger partial charge in [-0.2, -0.15) is 0 Å². The van der Waals surface area contributed by atoms with E-state index in [1.54, 1.807) is 23.5 Å². The Morgan fingerprint density at radius 3 is 2.55 bits per heavy atom. The van der Waals surface area contributed by atoms with Crippen LogP contribution in [0.25, 0.3) is 10.9 Å². The molecule has 2 aromatic heterocycles. The first kappa shape index (κ1) is 19.3. The fourth-order valence-corrected chi connectivity index (χ4v) is 4.42. The minimum Gasteiger partial charge on any atom is -0.508 e. The highest BCUT2D eigenvalue weighted by molar-refractivity contribution is 7.09. The number of benzene rings is 2. The summed E-state index contributed by atoms with van der Waals surface area (Å²) in [5.41, 5.74) is 2.67. The maximum atomic E-state index is 13.4. The molecule has 0 aliphatic heterocycles. The van der Waals surface area contributed by atoms with Gasteiger partial charge in [0, 0.05) is 39.5 Å². The van der Waals surface area contributed by atoms with E-state index in [1.165, 1.54) is 12.1 Å². The van der Waals surface area contributed by atoms with Gasteiger partial charge in [0.2, 0.25) is 0 Å². The predicted octanol–water partition coefficient (Wildman–Crippen LogP) is 5.86. The number of fused-ring (bicyclic) bond motifs is 1. The molecule has 0 fully saturated rings. The molecule has 0 aliphatic rings. The van der Waals surface area contributed by atoms with Gasteiger partial charge in [-0.05, 0) is 60.7 Å². The van der Waals surface area contributed by atoms with Crippen LogP contribution in [0.5, 0.6) is 5.75 Å². The van der Waals surface area contributed by atoms with Crippen molar-refractivity contribution in [3.8, 4) is 5.75 Å². The molecule has 0 spiro atoms. The van der Waals surface area contributed by atoms with Crippen molar-refractivity contribution in [2.75, 3.05) is 0 Å². The normalized spacial score (nSPS) is 11.3. The Labute approximate surface area is 170 Å². The summed E-state index contributed by atoms with van der Waals surface area (Å²) >= 11 is 1.64. The summed E-state index contributed by atoms with van der Waals surface area (Å²) in [6, 6.07) is 12.3. The molecule has 2 aromatic carbocycles. The quantitative estimate of drug-likeness (QED) is 0.404. The first-order chi connectivity index (χ1) is 13.9. The molecule has 0 unspecified atom stereocenters. The van der Waals surface area contributed by atoms with Gasteiger partial charge in [-0.3, -0.25) is 4.79 Å². The van der Waals surface area contributed by atoms with Crippen LogP contribution in [0.15, 0.2) is 53.9 Å². The number of carbonyl (C=O) groups is 1. The van der Waals surface area contributed by atoms with Gasteiger partial charge >= 0.3 is 0 Å². The third kappa shape index (κ3) is 3.93. The van der Waals surface area contributed by atoms with Crippen LogP contribution < -0.4 is 0 Å².